The first-order valence-corrected chi connectivity index (χ1v) is 7.26. The van der Waals surface area contributed by atoms with Crippen LogP contribution in [-0.4, -0.2) is 35.1 Å². The molecule has 5 heteroatoms. The molecule has 1 amide bonds. The van der Waals surface area contributed by atoms with E-state index < -0.39 is 0 Å². The molecule has 2 heterocycles. The lowest BCUT2D eigenvalue weighted by Crippen LogP contribution is -2.48. The molecule has 0 bridgehead atoms. The summed E-state index contributed by atoms with van der Waals surface area (Å²) >= 11 is 0. The summed E-state index contributed by atoms with van der Waals surface area (Å²) in [5.74, 6) is 0.789. The van der Waals surface area contributed by atoms with E-state index in [-0.39, 0.29) is 11.3 Å². The normalized spacial score (nSPS) is 30.0. The third-order valence-corrected chi connectivity index (χ3v) is 4.71. The van der Waals surface area contributed by atoms with E-state index in [1.807, 2.05) is 10.8 Å². The van der Waals surface area contributed by atoms with Crippen molar-refractivity contribution >= 4 is 5.91 Å². The predicted octanol–water partition coefficient (Wildman–Crippen LogP) is 0.779. The maximum atomic E-state index is 12.6. The van der Waals surface area contributed by atoms with Gasteiger partial charge in [0.2, 0.25) is 5.91 Å². The third-order valence-electron chi connectivity index (χ3n) is 4.71. The van der Waals surface area contributed by atoms with Crippen LogP contribution in [0, 0.1) is 11.3 Å². The fourth-order valence-corrected chi connectivity index (χ4v) is 3.58. The molecule has 1 saturated heterocycles. The van der Waals surface area contributed by atoms with Crippen molar-refractivity contribution in [1.82, 2.24) is 20.2 Å². The summed E-state index contributed by atoms with van der Waals surface area (Å²) in [6.07, 6.45) is 10.2. The summed E-state index contributed by atoms with van der Waals surface area (Å²) in [6, 6.07) is 0. The molecule has 0 spiro atoms. The van der Waals surface area contributed by atoms with Crippen molar-refractivity contribution in [3.63, 3.8) is 0 Å². The van der Waals surface area contributed by atoms with Crippen LogP contribution in [0.15, 0.2) is 18.7 Å². The van der Waals surface area contributed by atoms with Gasteiger partial charge in [0.05, 0.1) is 11.7 Å². The van der Waals surface area contributed by atoms with Crippen LogP contribution in [0.2, 0.25) is 0 Å². The minimum absolute atomic E-state index is 0.132. The minimum atomic E-state index is -0.132. The number of rotatable bonds is 4. The molecule has 0 unspecified atom stereocenters. The SMILES string of the molecule is O=C(NCCn1ccnc1)[C@@]12CCCC[C@H]1CNC2. The van der Waals surface area contributed by atoms with Crippen molar-refractivity contribution < 1.29 is 4.79 Å². The number of imidazole rings is 1. The molecule has 3 rings (SSSR count). The molecular formula is C14H22N4O. The van der Waals surface area contributed by atoms with Crippen LogP contribution in [0.3, 0.4) is 0 Å². The Labute approximate surface area is 113 Å². The molecule has 104 valence electrons. The number of nitrogens with one attached hydrogen (secondary N) is 2. The quantitative estimate of drug-likeness (QED) is 0.843. The fourth-order valence-electron chi connectivity index (χ4n) is 3.58. The van der Waals surface area contributed by atoms with Gasteiger partial charge in [0.1, 0.15) is 0 Å². The van der Waals surface area contributed by atoms with E-state index in [0.29, 0.717) is 12.5 Å². The average Bonchev–Trinajstić information content (AvgIpc) is 3.08. The molecule has 0 radical (unpaired) electrons. The van der Waals surface area contributed by atoms with E-state index in [0.717, 1.165) is 26.1 Å². The van der Waals surface area contributed by atoms with Gasteiger partial charge in [0.25, 0.3) is 0 Å². The van der Waals surface area contributed by atoms with E-state index >= 15 is 0 Å². The predicted molar refractivity (Wildman–Crippen MR) is 72.5 cm³/mol. The number of hydrogen-bond acceptors (Lipinski definition) is 3. The molecule has 2 N–H and O–H groups in total. The summed E-state index contributed by atoms with van der Waals surface area (Å²) < 4.78 is 1.99. The summed E-state index contributed by atoms with van der Waals surface area (Å²) in [5, 5.41) is 6.54. The first kappa shape index (κ1) is 12.7. The zero-order valence-electron chi connectivity index (χ0n) is 11.3. The van der Waals surface area contributed by atoms with Crippen LogP contribution in [0.5, 0.6) is 0 Å². The number of fused-ring (bicyclic) bond motifs is 1. The number of hydrogen-bond donors (Lipinski definition) is 2. The molecular weight excluding hydrogens is 240 g/mol. The van der Waals surface area contributed by atoms with Crippen molar-refractivity contribution in [2.75, 3.05) is 19.6 Å². The van der Waals surface area contributed by atoms with E-state index in [9.17, 15) is 4.79 Å². The fraction of sp³-hybridized carbons (Fsp3) is 0.714. The van der Waals surface area contributed by atoms with E-state index in [1.54, 1.807) is 12.5 Å². The number of carbonyl (C=O) groups excluding carboxylic acids is 1. The summed E-state index contributed by atoms with van der Waals surface area (Å²) in [4.78, 5) is 16.6. The van der Waals surface area contributed by atoms with Gasteiger partial charge >= 0.3 is 0 Å². The van der Waals surface area contributed by atoms with E-state index in [4.69, 9.17) is 0 Å². The van der Waals surface area contributed by atoms with Crippen LogP contribution in [0.4, 0.5) is 0 Å². The second-order valence-electron chi connectivity index (χ2n) is 5.79. The van der Waals surface area contributed by atoms with E-state index in [2.05, 4.69) is 15.6 Å². The highest BCUT2D eigenvalue weighted by Crippen LogP contribution is 2.43. The van der Waals surface area contributed by atoms with Crippen LogP contribution < -0.4 is 10.6 Å². The van der Waals surface area contributed by atoms with Crippen LogP contribution in [0.1, 0.15) is 25.7 Å². The first-order chi connectivity index (χ1) is 9.31. The molecule has 1 aromatic rings. The highest BCUT2D eigenvalue weighted by atomic mass is 16.2. The molecule has 2 aliphatic rings. The molecule has 2 fully saturated rings. The Morgan fingerprint density at radius 2 is 2.47 bits per heavy atom. The van der Waals surface area contributed by atoms with Crippen molar-refractivity contribution in [3.05, 3.63) is 18.7 Å². The Morgan fingerprint density at radius 3 is 3.32 bits per heavy atom. The topological polar surface area (TPSA) is 59.0 Å². The van der Waals surface area contributed by atoms with Crippen molar-refractivity contribution in [2.24, 2.45) is 11.3 Å². The Morgan fingerprint density at radius 1 is 1.53 bits per heavy atom. The standard InChI is InChI=1S/C14H22N4O/c19-13(17-6-8-18-7-5-15-11-18)14-4-2-1-3-12(14)9-16-10-14/h5,7,11-12,16H,1-4,6,8-10H2,(H,17,19)/t12-,14+/m0/s1. The lowest BCUT2D eigenvalue weighted by Gasteiger charge is -2.37. The number of aromatic nitrogens is 2. The molecule has 2 atom stereocenters. The maximum Gasteiger partial charge on any atom is 0.227 e. The second kappa shape index (κ2) is 5.33. The van der Waals surface area contributed by atoms with Gasteiger partial charge in [-0.25, -0.2) is 4.98 Å². The number of carbonyl (C=O) groups is 1. The zero-order chi connectivity index (χ0) is 13.1. The van der Waals surface area contributed by atoms with Gasteiger partial charge in [-0.1, -0.05) is 12.8 Å². The Balaban J connectivity index is 1.56. The maximum absolute atomic E-state index is 12.6. The Kier molecular flexibility index (Phi) is 3.55. The minimum Gasteiger partial charge on any atom is -0.354 e. The van der Waals surface area contributed by atoms with Crippen LogP contribution in [0.25, 0.3) is 0 Å². The van der Waals surface area contributed by atoms with Gasteiger partial charge in [0.15, 0.2) is 0 Å². The highest BCUT2D eigenvalue weighted by Gasteiger charge is 2.49. The van der Waals surface area contributed by atoms with Gasteiger partial charge < -0.3 is 15.2 Å². The number of amides is 1. The Bertz CT molecular complexity index is 431. The van der Waals surface area contributed by atoms with Gasteiger partial charge in [-0.15, -0.1) is 0 Å². The van der Waals surface area contributed by atoms with Crippen LogP contribution >= 0.6 is 0 Å². The summed E-state index contributed by atoms with van der Waals surface area (Å²) in [6.45, 7) is 3.34. The molecule has 19 heavy (non-hydrogen) atoms. The number of nitrogens with zero attached hydrogens (tertiary/aromatic N) is 2. The largest absolute Gasteiger partial charge is 0.354 e. The lowest BCUT2D eigenvalue weighted by molar-refractivity contribution is -0.134. The second-order valence-corrected chi connectivity index (χ2v) is 5.79. The van der Waals surface area contributed by atoms with Crippen molar-refractivity contribution in [2.45, 2.75) is 32.2 Å². The molecule has 1 aliphatic carbocycles. The monoisotopic (exact) mass is 262 g/mol. The third kappa shape index (κ3) is 2.39. The van der Waals surface area contributed by atoms with Crippen molar-refractivity contribution in [3.8, 4) is 0 Å². The Hall–Kier alpha value is -1.36. The zero-order valence-corrected chi connectivity index (χ0v) is 11.3. The highest BCUT2D eigenvalue weighted by molar-refractivity contribution is 5.83. The molecule has 1 aromatic heterocycles. The molecule has 1 aliphatic heterocycles. The molecule has 0 aromatic carbocycles. The molecule has 5 nitrogen and oxygen atoms in total. The van der Waals surface area contributed by atoms with Gasteiger partial charge in [-0.3, -0.25) is 4.79 Å². The summed E-state index contributed by atoms with van der Waals surface area (Å²) in [5.41, 5.74) is -0.132. The summed E-state index contributed by atoms with van der Waals surface area (Å²) in [7, 11) is 0. The van der Waals surface area contributed by atoms with Gasteiger partial charge in [-0.05, 0) is 25.3 Å². The van der Waals surface area contributed by atoms with Gasteiger partial charge in [-0.2, -0.15) is 0 Å². The smallest absolute Gasteiger partial charge is 0.227 e. The molecule has 1 saturated carbocycles. The lowest BCUT2D eigenvalue weighted by atomic mass is 9.67. The average molecular weight is 262 g/mol. The van der Waals surface area contributed by atoms with E-state index in [1.165, 1.54) is 19.3 Å². The van der Waals surface area contributed by atoms with Crippen LogP contribution in [-0.2, 0) is 11.3 Å². The van der Waals surface area contributed by atoms with Crippen molar-refractivity contribution in [1.29, 1.82) is 0 Å². The van der Waals surface area contributed by atoms with Gasteiger partial charge in [0, 0.05) is 32.0 Å². The first-order valence-electron chi connectivity index (χ1n) is 7.26.